The maximum Gasteiger partial charge on any atom is 0.227 e. The molecule has 1 amide bonds. The molecule has 4 rings (SSSR count). The van der Waals surface area contributed by atoms with E-state index in [4.69, 9.17) is 0 Å². The second-order valence-corrected chi connectivity index (χ2v) is 7.74. The summed E-state index contributed by atoms with van der Waals surface area (Å²) in [6, 6.07) is 14.5. The second kappa shape index (κ2) is 7.55. The minimum absolute atomic E-state index is 0.0577. The van der Waals surface area contributed by atoms with Crippen LogP contribution in [0.25, 0.3) is 10.8 Å². The molecular formula is C23H26N2O2. The van der Waals surface area contributed by atoms with Crippen LogP contribution in [0.5, 0.6) is 0 Å². The Morgan fingerprint density at radius 2 is 1.70 bits per heavy atom. The van der Waals surface area contributed by atoms with Gasteiger partial charge < -0.3 is 10.6 Å². The molecule has 1 saturated carbocycles. The number of hydrogen-bond donors (Lipinski definition) is 2. The van der Waals surface area contributed by atoms with E-state index in [9.17, 15) is 9.59 Å². The van der Waals surface area contributed by atoms with Crippen molar-refractivity contribution in [3.05, 3.63) is 53.7 Å². The summed E-state index contributed by atoms with van der Waals surface area (Å²) in [6.45, 7) is 1.92. The Labute approximate surface area is 160 Å². The summed E-state index contributed by atoms with van der Waals surface area (Å²) in [5.41, 5.74) is 2.90. The first-order chi connectivity index (χ1) is 13.1. The highest BCUT2D eigenvalue weighted by Gasteiger charge is 2.28. The van der Waals surface area contributed by atoms with Gasteiger partial charge in [-0.05, 0) is 50.5 Å². The Balaban J connectivity index is 1.35. The monoisotopic (exact) mass is 362 g/mol. The van der Waals surface area contributed by atoms with Crippen LogP contribution in [0.4, 0.5) is 5.69 Å². The molecule has 0 atom stereocenters. The van der Waals surface area contributed by atoms with Gasteiger partial charge >= 0.3 is 0 Å². The van der Waals surface area contributed by atoms with Crippen molar-refractivity contribution in [2.75, 3.05) is 5.32 Å². The molecule has 0 unspecified atom stereocenters. The van der Waals surface area contributed by atoms with Gasteiger partial charge in [0.25, 0.3) is 0 Å². The SMILES string of the molecule is CC1=C(NC2CCC(C(=O)Nc3cccc4ccccc34)CC2)CCC1=O. The number of fused-ring (bicyclic) bond motifs is 1. The fourth-order valence-electron chi connectivity index (χ4n) is 4.28. The lowest BCUT2D eigenvalue weighted by Crippen LogP contribution is -2.36. The second-order valence-electron chi connectivity index (χ2n) is 7.74. The molecule has 1 fully saturated rings. The molecule has 4 nitrogen and oxygen atoms in total. The Morgan fingerprint density at radius 1 is 0.963 bits per heavy atom. The molecule has 0 heterocycles. The van der Waals surface area contributed by atoms with Crippen LogP contribution >= 0.6 is 0 Å². The van der Waals surface area contributed by atoms with E-state index in [1.807, 2.05) is 37.3 Å². The zero-order valence-corrected chi connectivity index (χ0v) is 15.8. The van der Waals surface area contributed by atoms with Crippen molar-refractivity contribution in [3.8, 4) is 0 Å². The van der Waals surface area contributed by atoms with Crippen LogP contribution < -0.4 is 10.6 Å². The number of ketones is 1. The summed E-state index contributed by atoms with van der Waals surface area (Å²) in [5, 5.41) is 8.92. The summed E-state index contributed by atoms with van der Waals surface area (Å²) < 4.78 is 0. The molecule has 4 heteroatoms. The number of allylic oxidation sites excluding steroid dienone is 2. The maximum absolute atomic E-state index is 12.8. The Morgan fingerprint density at radius 3 is 2.44 bits per heavy atom. The molecule has 2 aromatic carbocycles. The van der Waals surface area contributed by atoms with Crippen molar-refractivity contribution in [3.63, 3.8) is 0 Å². The van der Waals surface area contributed by atoms with E-state index in [0.717, 1.165) is 59.8 Å². The van der Waals surface area contributed by atoms with Gasteiger partial charge in [0.2, 0.25) is 5.91 Å². The third kappa shape index (κ3) is 3.75. The number of anilines is 1. The molecule has 0 aliphatic heterocycles. The van der Waals surface area contributed by atoms with Crippen LogP contribution in [0.3, 0.4) is 0 Å². The van der Waals surface area contributed by atoms with E-state index >= 15 is 0 Å². The first-order valence-electron chi connectivity index (χ1n) is 9.90. The Bertz CT molecular complexity index is 902. The maximum atomic E-state index is 12.8. The zero-order valence-electron chi connectivity index (χ0n) is 15.8. The predicted octanol–water partition coefficient (Wildman–Crippen LogP) is 4.56. The van der Waals surface area contributed by atoms with Crippen molar-refractivity contribution in [1.82, 2.24) is 5.32 Å². The fraction of sp³-hybridized carbons (Fsp3) is 0.391. The number of nitrogens with one attached hydrogen (secondary N) is 2. The van der Waals surface area contributed by atoms with E-state index in [1.165, 1.54) is 0 Å². The van der Waals surface area contributed by atoms with Crippen molar-refractivity contribution >= 4 is 28.2 Å². The van der Waals surface area contributed by atoms with Gasteiger partial charge in [-0.2, -0.15) is 0 Å². The fourth-order valence-corrected chi connectivity index (χ4v) is 4.28. The summed E-state index contributed by atoms with van der Waals surface area (Å²) in [7, 11) is 0. The molecule has 27 heavy (non-hydrogen) atoms. The lowest BCUT2D eigenvalue weighted by atomic mass is 9.85. The molecule has 2 aliphatic rings. The van der Waals surface area contributed by atoms with Crippen LogP contribution in [0.1, 0.15) is 45.4 Å². The number of carbonyl (C=O) groups excluding carboxylic acids is 2. The van der Waals surface area contributed by atoms with E-state index in [-0.39, 0.29) is 17.6 Å². The highest BCUT2D eigenvalue weighted by atomic mass is 16.2. The van der Waals surface area contributed by atoms with Gasteiger partial charge in [0.1, 0.15) is 0 Å². The van der Waals surface area contributed by atoms with E-state index in [0.29, 0.717) is 12.5 Å². The molecule has 0 spiro atoms. The third-order valence-corrected chi connectivity index (χ3v) is 6.00. The van der Waals surface area contributed by atoms with Gasteiger partial charge in [0.05, 0.1) is 0 Å². The largest absolute Gasteiger partial charge is 0.385 e. The molecule has 2 N–H and O–H groups in total. The molecule has 0 aromatic heterocycles. The zero-order chi connectivity index (χ0) is 18.8. The number of amides is 1. The molecule has 140 valence electrons. The van der Waals surface area contributed by atoms with Crippen LogP contribution in [-0.2, 0) is 9.59 Å². The van der Waals surface area contributed by atoms with Gasteiger partial charge in [0, 0.05) is 40.7 Å². The number of hydrogen-bond acceptors (Lipinski definition) is 3. The van der Waals surface area contributed by atoms with Crippen LogP contribution in [-0.4, -0.2) is 17.7 Å². The Kier molecular flexibility index (Phi) is 4.97. The first kappa shape index (κ1) is 17.8. The number of carbonyl (C=O) groups is 2. The summed E-state index contributed by atoms with van der Waals surface area (Å²) in [4.78, 5) is 24.5. The van der Waals surface area contributed by atoms with Crippen molar-refractivity contribution in [2.45, 2.75) is 51.5 Å². The molecular weight excluding hydrogens is 336 g/mol. The van der Waals surface area contributed by atoms with E-state index in [1.54, 1.807) is 0 Å². The van der Waals surface area contributed by atoms with Crippen molar-refractivity contribution < 1.29 is 9.59 Å². The topological polar surface area (TPSA) is 58.2 Å². The Hall–Kier alpha value is -2.62. The molecule has 2 aromatic rings. The lowest BCUT2D eigenvalue weighted by molar-refractivity contribution is -0.120. The minimum Gasteiger partial charge on any atom is -0.385 e. The highest BCUT2D eigenvalue weighted by Crippen LogP contribution is 2.30. The van der Waals surface area contributed by atoms with Crippen LogP contribution in [0, 0.1) is 5.92 Å². The van der Waals surface area contributed by atoms with E-state index < -0.39 is 0 Å². The average Bonchev–Trinajstić information content (AvgIpc) is 3.01. The van der Waals surface area contributed by atoms with E-state index in [2.05, 4.69) is 22.8 Å². The summed E-state index contributed by atoms with van der Waals surface area (Å²) in [5.74, 6) is 0.444. The standard InChI is InChI=1S/C23H26N2O2/c1-15-20(13-14-22(15)26)24-18-11-9-17(10-12-18)23(27)25-21-8-4-6-16-5-2-3-7-19(16)21/h2-8,17-18,24H,9-14H2,1H3,(H,25,27). The molecule has 0 radical (unpaired) electrons. The quantitative estimate of drug-likeness (QED) is 0.838. The van der Waals surface area contributed by atoms with Gasteiger partial charge in [-0.25, -0.2) is 0 Å². The number of Topliss-reactive ketones (excluding diaryl/α,β-unsaturated/α-hetero) is 1. The molecule has 0 bridgehead atoms. The van der Waals surface area contributed by atoms with Gasteiger partial charge in [0.15, 0.2) is 5.78 Å². The van der Waals surface area contributed by atoms with Crippen LogP contribution in [0.15, 0.2) is 53.7 Å². The smallest absolute Gasteiger partial charge is 0.227 e. The lowest BCUT2D eigenvalue weighted by Gasteiger charge is -2.29. The van der Waals surface area contributed by atoms with Crippen LogP contribution in [0.2, 0.25) is 0 Å². The van der Waals surface area contributed by atoms with Gasteiger partial charge in [-0.3, -0.25) is 9.59 Å². The first-order valence-corrected chi connectivity index (χ1v) is 9.90. The van der Waals surface area contributed by atoms with Gasteiger partial charge in [-0.15, -0.1) is 0 Å². The molecule has 2 aliphatic carbocycles. The minimum atomic E-state index is 0.0577. The van der Waals surface area contributed by atoms with Gasteiger partial charge in [-0.1, -0.05) is 36.4 Å². The summed E-state index contributed by atoms with van der Waals surface area (Å²) >= 11 is 0. The average molecular weight is 362 g/mol. The number of rotatable bonds is 4. The number of benzene rings is 2. The third-order valence-electron chi connectivity index (χ3n) is 6.00. The van der Waals surface area contributed by atoms with Crippen molar-refractivity contribution in [1.29, 1.82) is 0 Å². The summed E-state index contributed by atoms with van der Waals surface area (Å²) in [6.07, 6.45) is 5.18. The normalized spacial score (nSPS) is 22.9. The van der Waals surface area contributed by atoms with Crippen molar-refractivity contribution in [2.24, 2.45) is 5.92 Å². The predicted molar refractivity (Wildman–Crippen MR) is 108 cm³/mol. The molecule has 0 saturated heterocycles. The highest BCUT2D eigenvalue weighted by molar-refractivity contribution is 6.02.